The Kier molecular flexibility index (Phi) is 3.67. The maximum atomic E-state index is 11.5. The van der Waals surface area contributed by atoms with Gasteiger partial charge in [-0.1, -0.05) is 35.9 Å². The highest BCUT2D eigenvalue weighted by Gasteiger charge is 2.03. The number of thiophene rings is 1. The van der Waals surface area contributed by atoms with Crippen molar-refractivity contribution >= 4 is 23.5 Å². The largest absolute Gasteiger partial charge is 0.281 e. The molecule has 86 valence electrons. The van der Waals surface area contributed by atoms with Gasteiger partial charge in [0.05, 0.1) is 11.1 Å². The van der Waals surface area contributed by atoms with E-state index in [4.69, 9.17) is 0 Å². The van der Waals surface area contributed by atoms with Crippen LogP contribution in [0, 0.1) is 6.92 Å². The lowest BCUT2D eigenvalue weighted by atomic mass is 10.2. The van der Waals surface area contributed by atoms with Crippen LogP contribution in [0.2, 0.25) is 0 Å². The van der Waals surface area contributed by atoms with Crippen LogP contribution in [0.4, 0.5) is 0 Å². The van der Waals surface area contributed by atoms with E-state index in [1.165, 1.54) is 16.9 Å². The molecule has 0 atom stereocenters. The van der Waals surface area contributed by atoms with Crippen LogP contribution in [0.15, 0.2) is 46.9 Å². The van der Waals surface area contributed by atoms with Gasteiger partial charge in [0, 0.05) is 0 Å². The average molecular weight is 244 g/mol. The normalized spacial score (nSPS) is 10.6. The van der Waals surface area contributed by atoms with Crippen molar-refractivity contribution in [1.29, 1.82) is 0 Å². The molecule has 17 heavy (non-hydrogen) atoms. The maximum Gasteiger partial charge on any atom is 0.281 e. The Labute approximate surface area is 104 Å². The summed E-state index contributed by atoms with van der Waals surface area (Å²) < 4.78 is 0. The predicted octanol–water partition coefficient (Wildman–Crippen LogP) is 2.82. The minimum atomic E-state index is -0.177. The minimum absolute atomic E-state index is 0.177. The monoisotopic (exact) mass is 244 g/mol. The zero-order chi connectivity index (χ0) is 12.1. The quantitative estimate of drug-likeness (QED) is 0.654. The SMILES string of the molecule is Cc1ccc(C=NNC(=O)c2cccs2)cc1. The van der Waals surface area contributed by atoms with E-state index < -0.39 is 0 Å². The van der Waals surface area contributed by atoms with E-state index in [1.54, 1.807) is 12.3 Å². The first kappa shape index (κ1) is 11.5. The van der Waals surface area contributed by atoms with Gasteiger partial charge < -0.3 is 0 Å². The van der Waals surface area contributed by atoms with Crippen LogP contribution < -0.4 is 5.43 Å². The molecular weight excluding hydrogens is 232 g/mol. The highest BCUT2D eigenvalue weighted by molar-refractivity contribution is 7.12. The fourth-order valence-corrected chi connectivity index (χ4v) is 1.89. The van der Waals surface area contributed by atoms with Crippen LogP contribution in [0.3, 0.4) is 0 Å². The molecule has 0 aliphatic carbocycles. The van der Waals surface area contributed by atoms with E-state index in [-0.39, 0.29) is 5.91 Å². The molecule has 0 aliphatic rings. The molecule has 1 N–H and O–H groups in total. The molecule has 3 nitrogen and oxygen atoms in total. The molecule has 0 fully saturated rings. The van der Waals surface area contributed by atoms with E-state index in [0.29, 0.717) is 4.88 Å². The summed E-state index contributed by atoms with van der Waals surface area (Å²) in [6, 6.07) is 11.5. The molecule has 0 saturated heterocycles. The topological polar surface area (TPSA) is 41.5 Å². The van der Waals surface area contributed by atoms with Gasteiger partial charge in [-0.3, -0.25) is 4.79 Å². The van der Waals surface area contributed by atoms with Gasteiger partial charge in [0.1, 0.15) is 0 Å². The molecule has 0 unspecified atom stereocenters. The fraction of sp³-hybridized carbons (Fsp3) is 0.0769. The van der Waals surface area contributed by atoms with Crippen LogP contribution >= 0.6 is 11.3 Å². The summed E-state index contributed by atoms with van der Waals surface area (Å²) in [6.45, 7) is 2.03. The fourth-order valence-electron chi connectivity index (χ4n) is 1.28. The Morgan fingerprint density at radius 2 is 2.06 bits per heavy atom. The molecule has 0 saturated carbocycles. The number of nitrogens with one attached hydrogen (secondary N) is 1. The molecule has 0 aliphatic heterocycles. The van der Waals surface area contributed by atoms with Crippen molar-refractivity contribution in [2.45, 2.75) is 6.92 Å². The predicted molar refractivity (Wildman–Crippen MR) is 70.6 cm³/mol. The first-order chi connectivity index (χ1) is 8.25. The third kappa shape index (κ3) is 3.26. The van der Waals surface area contributed by atoms with Gasteiger partial charge in [-0.25, -0.2) is 5.43 Å². The lowest BCUT2D eigenvalue weighted by Crippen LogP contribution is -2.16. The second-order valence-electron chi connectivity index (χ2n) is 3.59. The van der Waals surface area contributed by atoms with Crippen LogP contribution in [-0.4, -0.2) is 12.1 Å². The molecule has 1 heterocycles. The highest BCUT2D eigenvalue weighted by atomic mass is 32.1. The van der Waals surface area contributed by atoms with E-state index >= 15 is 0 Å². The van der Waals surface area contributed by atoms with Gasteiger partial charge in [-0.05, 0) is 23.9 Å². The molecule has 1 amide bonds. The average Bonchev–Trinajstić information content (AvgIpc) is 2.85. The Balaban J connectivity index is 1.94. The smallest absolute Gasteiger partial charge is 0.266 e. The van der Waals surface area contributed by atoms with Crippen molar-refractivity contribution in [3.63, 3.8) is 0 Å². The Bertz CT molecular complexity index is 515. The standard InChI is InChI=1S/C13H12N2OS/c1-10-4-6-11(7-5-10)9-14-15-13(16)12-3-2-8-17-12/h2-9H,1H3,(H,15,16). The third-order valence-electron chi connectivity index (χ3n) is 2.20. The Morgan fingerprint density at radius 3 is 2.71 bits per heavy atom. The molecular formula is C13H12N2OS. The van der Waals surface area contributed by atoms with Crippen LogP contribution in [-0.2, 0) is 0 Å². The second kappa shape index (κ2) is 5.41. The Hall–Kier alpha value is -1.94. The van der Waals surface area contributed by atoms with Gasteiger partial charge in [-0.2, -0.15) is 5.10 Å². The molecule has 0 spiro atoms. The van der Waals surface area contributed by atoms with Crippen LogP contribution in [0.25, 0.3) is 0 Å². The number of carbonyl (C=O) groups excluding carboxylic acids is 1. The summed E-state index contributed by atoms with van der Waals surface area (Å²) in [5, 5.41) is 5.77. The number of hydrogen-bond acceptors (Lipinski definition) is 3. The van der Waals surface area contributed by atoms with E-state index in [1.807, 2.05) is 42.6 Å². The molecule has 1 aromatic carbocycles. The maximum absolute atomic E-state index is 11.5. The Morgan fingerprint density at radius 1 is 1.29 bits per heavy atom. The number of carbonyl (C=O) groups is 1. The first-order valence-electron chi connectivity index (χ1n) is 5.19. The van der Waals surface area contributed by atoms with Gasteiger partial charge in [0.2, 0.25) is 0 Å². The van der Waals surface area contributed by atoms with E-state index in [9.17, 15) is 4.79 Å². The van der Waals surface area contributed by atoms with Crippen molar-refractivity contribution < 1.29 is 4.79 Å². The number of nitrogens with zero attached hydrogens (tertiary/aromatic N) is 1. The van der Waals surface area contributed by atoms with Crippen LogP contribution in [0.1, 0.15) is 20.8 Å². The van der Waals surface area contributed by atoms with E-state index in [0.717, 1.165) is 5.56 Å². The van der Waals surface area contributed by atoms with Crippen LogP contribution in [0.5, 0.6) is 0 Å². The second-order valence-corrected chi connectivity index (χ2v) is 4.53. The van der Waals surface area contributed by atoms with Crippen molar-refractivity contribution in [3.05, 3.63) is 57.8 Å². The number of hydrazone groups is 1. The summed E-state index contributed by atoms with van der Waals surface area (Å²) in [4.78, 5) is 12.2. The third-order valence-corrected chi connectivity index (χ3v) is 3.07. The number of hydrogen-bond donors (Lipinski definition) is 1. The summed E-state index contributed by atoms with van der Waals surface area (Å²) in [5.41, 5.74) is 4.65. The molecule has 2 rings (SSSR count). The van der Waals surface area contributed by atoms with Crippen molar-refractivity contribution in [3.8, 4) is 0 Å². The molecule has 2 aromatic rings. The van der Waals surface area contributed by atoms with Gasteiger partial charge >= 0.3 is 0 Å². The number of amides is 1. The molecule has 0 bridgehead atoms. The molecule has 0 radical (unpaired) electrons. The van der Waals surface area contributed by atoms with Gasteiger partial charge in [0.15, 0.2) is 0 Å². The summed E-state index contributed by atoms with van der Waals surface area (Å²) in [5.74, 6) is -0.177. The van der Waals surface area contributed by atoms with Crippen molar-refractivity contribution in [1.82, 2.24) is 5.43 Å². The lowest BCUT2D eigenvalue weighted by molar-refractivity contribution is 0.0959. The molecule has 1 aromatic heterocycles. The zero-order valence-corrected chi connectivity index (χ0v) is 10.2. The number of aryl methyl sites for hydroxylation is 1. The zero-order valence-electron chi connectivity index (χ0n) is 9.38. The highest BCUT2D eigenvalue weighted by Crippen LogP contribution is 2.07. The van der Waals surface area contributed by atoms with Crippen molar-refractivity contribution in [2.24, 2.45) is 5.10 Å². The first-order valence-corrected chi connectivity index (χ1v) is 6.07. The number of benzene rings is 1. The lowest BCUT2D eigenvalue weighted by Gasteiger charge is -1.96. The molecule has 4 heteroatoms. The summed E-state index contributed by atoms with van der Waals surface area (Å²) in [7, 11) is 0. The summed E-state index contributed by atoms with van der Waals surface area (Å²) in [6.07, 6.45) is 1.63. The van der Waals surface area contributed by atoms with Gasteiger partial charge in [0.25, 0.3) is 5.91 Å². The van der Waals surface area contributed by atoms with Crippen molar-refractivity contribution in [2.75, 3.05) is 0 Å². The van der Waals surface area contributed by atoms with Gasteiger partial charge in [-0.15, -0.1) is 11.3 Å². The minimum Gasteiger partial charge on any atom is -0.266 e. The number of rotatable bonds is 3. The summed E-state index contributed by atoms with van der Waals surface area (Å²) >= 11 is 1.39. The van der Waals surface area contributed by atoms with E-state index in [2.05, 4.69) is 10.5 Å².